The van der Waals surface area contributed by atoms with Crippen LogP contribution >= 0.6 is 22.9 Å². The minimum absolute atomic E-state index is 0.00858. The van der Waals surface area contributed by atoms with E-state index in [0.717, 1.165) is 0 Å². The van der Waals surface area contributed by atoms with Crippen molar-refractivity contribution in [2.24, 2.45) is 4.99 Å². The van der Waals surface area contributed by atoms with E-state index in [4.69, 9.17) is 16.3 Å². The van der Waals surface area contributed by atoms with Gasteiger partial charge in [0, 0.05) is 34.7 Å². The molecule has 0 N–H and O–H groups in total. The predicted molar refractivity (Wildman–Crippen MR) is 144 cm³/mol. The largest absolute Gasteiger partial charge is 0.463 e. The maximum absolute atomic E-state index is 13.8. The number of hydrogen-bond acceptors (Lipinski definition) is 7. The van der Waals surface area contributed by atoms with Crippen LogP contribution in [-0.4, -0.2) is 26.6 Å². The van der Waals surface area contributed by atoms with Crippen LogP contribution in [0.3, 0.4) is 0 Å². The van der Waals surface area contributed by atoms with Crippen molar-refractivity contribution in [3.63, 3.8) is 0 Å². The van der Waals surface area contributed by atoms with Crippen LogP contribution in [0, 0.1) is 10.1 Å². The smallest absolute Gasteiger partial charge is 0.338 e. The molecule has 4 aromatic rings. The molecule has 3 heterocycles. The van der Waals surface area contributed by atoms with Crippen LogP contribution in [0.1, 0.15) is 31.1 Å². The molecule has 0 bridgehead atoms. The van der Waals surface area contributed by atoms with E-state index in [1.54, 1.807) is 56.3 Å². The molecule has 0 radical (unpaired) electrons. The quantitative estimate of drug-likeness (QED) is 0.204. The number of allylic oxidation sites excluding steroid dienone is 1. The summed E-state index contributed by atoms with van der Waals surface area (Å²) in [6, 6.07) is 16.1. The highest BCUT2D eigenvalue weighted by molar-refractivity contribution is 7.07. The lowest BCUT2D eigenvalue weighted by Gasteiger charge is -2.24. The fourth-order valence-corrected chi connectivity index (χ4v) is 5.53. The van der Waals surface area contributed by atoms with Crippen LogP contribution in [0.25, 0.3) is 11.8 Å². The molecule has 0 spiro atoms. The molecule has 0 amide bonds. The van der Waals surface area contributed by atoms with Gasteiger partial charge in [-0.2, -0.15) is 0 Å². The summed E-state index contributed by atoms with van der Waals surface area (Å²) in [6.07, 6.45) is 3.55. The molecule has 0 unspecified atom stereocenters. The third kappa shape index (κ3) is 4.59. The Bertz CT molecular complexity index is 1770. The topological polar surface area (TPSA) is 109 Å². The van der Waals surface area contributed by atoms with E-state index in [1.165, 1.54) is 28.0 Å². The summed E-state index contributed by atoms with van der Waals surface area (Å²) in [5, 5.41) is 11.6. The van der Waals surface area contributed by atoms with Crippen molar-refractivity contribution in [1.29, 1.82) is 0 Å². The van der Waals surface area contributed by atoms with E-state index < -0.39 is 16.9 Å². The summed E-state index contributed by atoms with van der Waals surface area (Å²) in [5.74, 6) is -0.532. The zero-order valence-corrected chi connectivity index (χ0v) is 21.9. The van der Waals surface area contributed by atoms with Crippen molar-refractivity contribution in [1.82, 2.24) is 9.13 Å². The Hall–Kier alpha value is -4.28. The van der Waals surface area contributed by atoms with Crippen molar-refractivity contribution in [2.45, 2.75) is 19.9 Å². The monoisotopic (exact) mass is 548 g/mol. The van der Waals surface area contributed by atoms with Crippen molar-refractivity contribution in [3.8, 4) is 5.69 Å². The molecule has 1 aliphatic rings. The number of rotatable bonds is 6. The van der Waals surface area contributed by atoms with Crippen LogP contribution in [0.15, 0.2) is 87.9 Å². The van der Waals surface area contributed by atoms with Gasteiger partial charge in [0.05, 0.1) is 33.4 Å². The first-order valence-corrected chi connectivity index (χ1v) is 12.8. The molecule has 0 fully saturated rings. The lowest BCUT2D eigenvalue weighted by molar-refractivity contribution is -0.384. The Kier molecular flexibility index (Phi) is 6.83. The molecule has 0 saturated heterocycles. The van der Waals surface area contributed by atoms with Crippen LogP contribution in [0.5, 0.6) is 0 Å². The molecule has 5 rings (SSSR count). The van der Waals surface area contributed by atoms with Gasteiger partial charge in [0.25, 0.3) is 11.2 Å². The highest BCUT2D eigenvalue weighted by Crippen LogP contribution is 2.31. The molecule has 2 aromatic carbocycles. The standard InChI is InChI=1S/C27H21ClN4O5S/c1-3-37-26(34)23-16(2)29-27-31(24(23)17-6-8-18(28)9-7-17)25(33)22(38-27)15-21-5-4-14-30(21)19-10-12-20(13-11-19)32(35)36/h4-15,24H,3H2,1-2H3/b22-15-/t24-/m0/s1. The van der Waals surface area contributed by atoms with Gasteiger partial charge in [-0.15, -0.1) is 0 Å². The summed E-state index contributed by atoms with van der Waals surface area (Å²) in [6.45, 7) is 3.64. The number of halogens is 1. The number of esters is 1. The second kappa shape index (κ2) is 10.2. The van der Waals surface area contributed by atoms with Gasteiger partial charge in [0.15, 0.2) is 4.80 Å². The number of non-ortho nitro benzene ring substituents is 1. The van der Waals surface area contributed by atoms with Crippen molar-refractivity contribution < 1.29 is 14.5 Å². The van der Waals surface area contributed by atoms with Gasteiger partial charge < -0.3 is 9.30 Å². The van der Waals surface area contributed by atoms with Crippen LogP contribution in [0.2, 0.25) is 5.02 Å². The zero-order chi connectivity index (χ0) is 27.0. The highest BCUT2D eigenvalue weighted by atomic mass is 35.5. The van der Waals surface area contributed by atoms with Gasteiger partial charge >= 0.3 is 5.97 Å². The van der Waals surface area contributed by atoms with Gasteiger partial charge in [-0.1, -0.05) is 35.1 Å². The number of nitrogens with zero attached hydrogens (tertiary/aromatic N) is 4. The number of carbonyl (C=O) groups excluding carboxylic acids is 1. The first-order chi connectivity index (χ1) is 18.3. The van der Waals surface area contributed by atoms with Crippen molar-refractivity contribution >= 4 is 40.7 Å². The van der Waals surface area contributed by atoms with Gasteiger partial charge in [-0.25, -0.2) is 9.79 Å². The Morgan fingerprint density at radius 1 is 1.18 bits per heavy atom. The number of nitro benzene ring substituents is 1. The average Bonchev–Trinajstić information content (AvgIpc) is 3.48. The van der Waals surface area contributed by atoms with E-state index in [0.29, 0.717) is 42.6 Å². The molecule has 0 aliphatic carbocycles. The second-order valence-electron chi connectivity index (χ2n) is 8.43. The summed E-state index contributed by atoms with van der Waals surface area (Å²) in [7, 11) is 0. The summed E-state index contributed by atoms with van der Waals surface area (Å²) in [4.78, 5) is 42.4. The van der Waals surface area contributed by atoms with E-state index in [-0.39, 0.29) is 17.9 Å². The molecular formula is C27H21ClN4O5S. The van der Waals surface area contributed by atoms with Crippen LogP contribution < -0.4 is 14.9 Å². The maximum Gasteiger partial charge on any atom is 0.338 e. The summed E-state index contributed by atoms with van der Waals surface area (Å²) < 4.78 is 9.07. The number of thiazole rings is 1. The molecule has 1 aliphatic heterocycles. The molecule has 0 saturated carbocycles. The fraction of sp³-hybridized carbons (Fsp3) is 0.148. The lowest BCUT2D eigenvalue weighted by Crippen LogP contribution is -2.40. The van der Waals surface area contributed by atoms with E-state index in [9.17, 15) is 19.7 Å². The fourth-order valence-electron chi connectivity index (χ4n) is 4.37. The Balaban J connectivity index is 1.66. The first kappa shape index (κ1) is 25.4. The Morgan fingerprint density at radius 3 is 2.55 bits per heavy atom. The lowest BCUT2D eigenvalue weighted by atomic mass is 9.96. The molecule has 11 heteroatoms. The highest BCUT2D eigenvalue weighted by Gasteiger charge is 2.33. The Labute approximate surface area is 225 Å². The Morgan fingerprint density at radius 2 is 1.89 bits per heavy atom. The molecule has 2 aromatic heterocycles. The number of hydrogen-bond donors (Lipinski definition) is 0. The van der Waals surface area contributed by atoms with E-state index >= 15 is 0 Å². The summed E-state index contributed by atoms with van der Waals surface area (Å²) in [5.41, 5.74) is 2.57. The molecule has 38 heavy (non-hydrogen) atoms. The third-order valence-electron chi connectivity index (χ3n) is 6.10. The molecule has 1 atom stereocenters. The SMILES string of the molecule is CCOC(=O)C1=C(C)N=c2s/c(=C\c3cccn3-c3ccc([N+](=O)[O-])cc3)c(=O)n2[C@H]1c1ccc(Cl)cc1. The first-order valence-electron chi connectivity index (χ1n) is 11.7. The summed E-state index contributed by atoms with van der Waals surface area (Å²) >= 11 is 7.32. The molecular weight excluding hydrogens is 528 g/mol. The number of nitro groups is 1. The second-order valence-corrected chi connectivity index (χ2v) is 9.88. The minimum Gasteiger partial charge on any atom is -0.463 e. The number of benzene rings is 2. The number of ether oxygens (including phenoxy) is 1. The van der Waals surface area contributed by atoms with E-state index in [2.05, 4.69) is 4.99 Å². The zero-order valence-electron chi connectivity index (χ0n) is 20.3. The van der Waals surface area contributed by atoms with Gasteiger partial charge in [0.1, 0.15) is 0 Å². The van der Waals surface area contributed by atoms with Crippen LogP contribution in [0.4, 0.5) is 5.69 Å². The number of fused-ring (bicyclic) bond motifs is 1. The van der Waals surface area contributed by atoms with Crippen molar-refractivity contribution in [3.05, 3.63) is 124 Å². The average molecular weight is 549 g/mol. The van der Waals surface area contributed by atoms with Gasteiger partial charge in [-0.3, -0.25) is 19.5 Å². The molecule has 192 valence electrons. The maximum atomic E-state index is 13.8. The number of aromatic nitrogens is 2. The van der Waals surface area contributed by atoms with Crippen molar-refractivity contribution in [2.75, 3.05) is 6.61 Å². The van der Waals surface area contributed by atoms with Gasteiger partial charge in [-0.05, 0) is 61.9 Å². The predicted octanol–water partition coefficient (Wildman–Crippen LogP) is 4.15. The number of carbonyl (C=O) groups is 1. The van der Waals surface area contributed by atoms with Gasteiger partial charge in [0.2, 0.25) is 0 Å². The van der Waals surface area contributed by atoms with E-state index in [1.807, 2.05) is 22.9 Å². The molecule has 9 nitrogen and oxygen atoms in total. The third-order valence-corrected chi connectivity index (χ3v) is 7.34. The normalized spacial score (nSPS) is 15.2. The minimum atomic E-state index is -0.730. The van der Waals surface area contributed by atoms with Crippen LogP contribution in [-0.2, 0) is 9.53 Å².